The smallest absolute Gasteiger partial charge is 0.154 e. The highest BCUT2D eigenvalue weighted by Gasteiger charge is 2.21. The Hall–Kier alpha value is -0.470. The molecule has 0 atom stereocenters. The normalized spacial score (nSPS) is 15.6. The first-order valence-corrected chi connectivity index (χ1v) is 5.49. The minimum Gasteiger partial charge on any atom is -0.382 e. The molecule has 0 radical (unpaired) electrons. The van der Waals surface area contributed by atoms with Crippen LogP contribution >= 0.6 is 23.2 Å². The minimum atomic E-state index is 0.449. The maximum absolute atomic E-state index is 5.98. The van der Waals surface area contributed by atoms with Crippen molar-refractivity contribution in [1.82, 2.24) is 4.98 Å². The molecule has 0 aromatic carbocycles. The maximum atomic E-state index is 5.98. The number of hydrogen-bond acceptors (Lipinski definition) is 2. The van der Waals surface area contributed by atoms with Crippen molar-refractivity contribution in [3.8, 4) is 0 Å². The molecule has 0 aliphatic heterocycles. The third-order valence-electron chi connectivity index (χ3n) is 2.41. The first-order valence-electron chi connectivity index (χ1n) is 4.73. The molecule has 1 aromatic rings. The highest BCUT2D eigenvalue weighted by molar-refractivity contribution is 6.34. The molecule has 0 unspecified atom stereocenters. The molecule has 1 fully saturated rings. The van der Waals surface area contributed by atoms with Crippen LogP contribution in [-0.2, 0) is 0 Å². The fraction of sp³-hybridized carbons (Fsp3) is 0.500. The third-order valence-corrected chi connectivity index (χ3v) is 2.87. The van der Waals surface area contributed by atoms with E-state index in [0.717, 1.165) is 23.7 Å². The van der Waals surface area contributed by atoms with Gasteiger partial charge in [-0.1, -0.05) is 23.2 Å². The fourth-order valence-corrected chi connectivity index (χ4v) is 1.97. The molecule has 2 rings (SSSR count). The molecule has 0 bridgehead atoms. The van der Waals surface area contributed by atoms with Crippen LogP contribution in [0.1, 0.15) is 18.4 Å². The zero-order chi connectivity index (χ0) is 10.1. The van der Waals surface area contributed by atoms with Gasteiger partial charge in [-0.3, -0.25) is 0 Å². The van der Waals surface area contributed by atoms with Crippen molar-refractivity contribution in [1.29, 1.82) is 0 Å². The molecule has 0 saturated heterocycles. The molecule has 76 valence electrons. The van der Waals surface area contributed by atoms with Crippen molar-refractivity contribution >= 4 is 28.9 Å². The van der Waals surface area contributed by atoms with Crippen LogP contribution in [0.4, 0.5) is 5.69 Å². The molecule has 0 spiro atoms. The van der Waals surface area contributed by atoms with Gasteiger partial charge >= 0.3 is 0 Å². The Kier molecular flexibility index (Phi) is 2.84. The number of rotatable bonds is 3. The number of anilines is 1. The monoisotopic (exact) mass is 230 g/mol. The van der Waals surface area contributed by atoms with Crippen LogP contribution in [0.15, 0.2) is 6.07 Å². The quantitative estimate of drug-likeness (QED) is 0.805. The van der Waals surface area contributed by atoms with Crippen LogP contribution in [0.5, 0.6) is 0 Å². The Bertz CT molecular complexity index is 325. The summed E-state index contributed by atoms with van der Waals surface area (Å²) in [4.78, 5) is 4.00. The van der Waals surface area contributed by atoms with Gasteiger partial charge in [-0.2, -0.15) is 0 Å². The Labute approximate surface area is 93.6 Å². The van der Waals surface area contributed by atoms with E-state index in [4.69, 9.17) is 23.2 Å². The summed E-state index contributed by atoms with van der Waals surface area (Å²) in [5.41, 5.74) is 1.97. The highest BCUT2D eigenvalue weighted by Crippen LogP contribution is 2.31. The SMILES string of the molecule is Cc1cc(Cl)nc(Cl)c1NCC1CC1. The summed E-state index contributed by atoms with van der Waals surface area (Å²) in [6.45, 7) is 2.97. The van der Waals surface area contributed by atoms with E-state index in [1.165, 1.54) is 12.8 Å². The van der Waals surface area contributed by atoms with Crippen molar-refractivity contribution < 1.29 is 0 Å². The van der Waals surface area contributed by atoms with E-state index < -0.39 is 0 Å². The Morgan fingerprint density at radius 1 is 1.50 bits per heavy atom. The number of nitrogens with zero attached hydrogens (tertiary/aromatic N) is 1. The second kappa shape index (κ2) is 3.95. The second-order valence-corrected chi connectivity index (χ2v) is 4.50. The number of halogens is 2. The summed E-state index contributed by atoms with van der Waals surface area (Å²) < 4.78 is 0. The van der Waals surface area contributed by atoms with Gasteiger partial charge in [-0.15, -0.1) is 0 Å². The van der Waals surface area contributed by atoms with Gasteiger partial charge in [0.15, 0.2) is 5.15 Å². The summed E-state index contributed by atoms with van der Waals surface area (Å²) in [5.74, 6) is 0.821. The van der Waals surface area contributed by atoms with E-state index in [0.29, 0.717) is 10.3 Å². The van der Waals surface area contributed by atoms with Gasteiger partial charge in [0.25, 0.3) is 0 Å². The lowest BCUT2D eigenvalue weighted by atomic mass is 10.2. The summed E-state index contributed by atoms with van der Waals surface area (Å²) in [5, 5.41) is 4.23. The van der Waals surface area contributed by atoms with Crippen LogP contribution in [0.3, 0.4) is 0 Å². The maximum Gasteiger partial charge on any atom is 0.154 e. The van der Waals surface area contributed by atoms with Crippen LogP contribution in [0, 0.1) is 12.8 Å². The zero-order valence-corrected chi connectivity index (χ0v) is 9.49. The van der Waals surface area contributed by atoms with Crippen molar-refractivity contribution in [2.45, 2.75) is 19.8 Å². The van der Waals surface area contributed by atoms with Crippen molar-refractivity contribution in [3.63, 3.8) is 0 Å². The van der Waals surface area contributed by atoms with E-state index in [-0.39, 0.29) is 0 Å². The molecule has 1 aromatic heterocycles. The van der Waals surface area contributed by atoms with E-state index in [9.17, 15) is 0 Å². The predicted octanol–water partition coefficient (Wildman–Crippen LogP) is 3.52. The van der Waals surface area contributed by atoms with Crippen molar-refractivity contribution in [2.24, 2.45) is 5.92 Å². The van der Waals surface area contributed by atoms with Crippen molar-refractivity contribution in [3.05, 3.63) is 21.9 Å². The minimum absolute atomic E-state index is 0.449. The molecule has 1 aliphatic carbocycles. The average Bonchev–Trinajstić information content (AvgIpc) is 2.85. The number of nitrogens with one attached hydrogen (secondary N) is 1. The lowest BCUT2D eigenvalue weighted by Crippen LogP contribution is -2.06. The van der Waals surface area contributed by atoms with Crippen LogP contribution in [0.25, 0.3) is 0 Å². The predicted molar refractivity (Wildman–Crippen MR) is 60.2 cm³/mol. The van der Waals surface area contributed by atoms with Crippen molar-refractivity contribution in [2.75, 3.05) is 11.9 Å². The summed E-state index contributed by atoms with van der Waals surface area (Å²) in [6, 6.07) is 1.82. The molecule has 1 aliphatic rings. The summed E-state index contributed by atoms with van der Waals surface area (Å²) in [7, 11) is 0. The average molecular weight is 231 g/mol. The molecule has 4 heteroatoms. The van der Waals surface area contributed by atoms with Crippen LogP contribution in [-0.4, -0.2) is 11.5 Å². The third kappa shape index (κ3) is 2.31. The van der Waals surface area contributed by atoms with E-state index in [1.807, 2.05) is 13.0 Å². The topological polar surface area (TPSA) is 24.9 Å². The molecular formula is C10H12Cl2N2. The summed E-state index contributed by atoms with van der Waals surface area (Å²) >= 11 is 11.8. The molecule has 1 saturated carbocycles. The van der Waals surface area contributed by atoms with Crippen LogP contribution in [0.2, 0.25) is 10.3 Å². The number of hydrogen-bond donors (Lipinski definition) is 1. The first-order chi connectivity index (χ1) is 6.66. The van der Waals surface area contributed by atoms with E-state index in [2.05, 4.69) is 10.3 Å². The van der Waals surface area contributed by atoms with Gasteiger partial charge < -0.3 is 5.32 Å². The standard InChI is InChI=1S/C10H12Cl2N2/c1-6-4-8(11)14-10(12)9(6)13-5-7-2-3-7/h4,7,13H,2-3,5H2,1H3. The van der Waals surface area contributed by atoms with Gasteiger partial charge in [0.1, 0.15) is 5.15 Å². The van der Waals surface area contributed by atoms with Gasteiger partial charge in [0.05, 0.1) is 5.69 Å². The lowest BCUT2D eigenvalue weighted by molar-refractivity contribution is 0.887. The van der Waals surface area contributed by atoms with Gasteiger partial charge in [-0.25, -0.2) is 4.98 Å². The van der Waals surface area contributed by atoms with E-state index >= 15 is 0 Å². The molecule has 1 heterocycles. The largest absolute Gasteiger partial charge is 0.382 e. The van der Waals surface area contributed by atoms with Crippen LogP contribution < -0.4 is 5.32 Å². The second-order valence-electron chi connectivity index (χ2n) is 3.75. The fourth-order valence-electron chi connectivity index (χ4n) is 1.38. The number of aromatic nitrogens is 1. The molecule has 0 amide bonds. The molecular weight excluding hydrogens is 219 g/mol. The van der Waals surface area contributed by atoms with E-state index in [1.54, 1.807) is 0 Å². The highest BCUT2D eigenvalue weighted by atomic mass is 35.5. The molecule has 14 heavy (non-hydrogen) atoms. The van der Waals surface area contributed by atoms with Gasteiger partial charge in [-0.05, 0) is 37.3 Å². The number of aryl methyl sites for hydroxylation is 1. The molecule has 2 nitrogen and oxygen atoms in total. The first kappa shape index (κ1) is 10.1. The lowest BCUT2D eigenvalue weighted by Gasteiger charge is -2.10. The Morgan fingerprint density at radius 2 is 2.21 bits per heavy atom. The Morgan fingerprint density at radius 3 is 2.79 bits per heavy atom. The van der Waals surface area contributed by atoms with Gasteiger partial charge in [0.2, 0.25) is 0 Å². The molecule has 1 N–H and O–H groups in total. The van der Waals surface area contributed by atoms with Gasteiger partial charge in [0, 0.05) is 6.54 Å². The number of pyridine rings is 1. The summed E-state index contributed by atoms with van der Waals surface area (Å²) in [6.07, 6.45) is 2.65. The zero-order valence-electron chi connectivity index (χ0n) is 7.98. The Balaban J connectivity index is 2.13.